The van der Waals surface area contributed by atoms with Gasteiger partial charge in [0, 0.05) is 12.8 Å². The zero-order valence-corrected chi connectivity index (χ0v) is 13.8. The zero-order chi connectivity index (χ0) is 17.6. The monoisotopic (exact) mass is 320 g/mol. The Balaban J connectivity index is 2.28. The minimum Gasteiger partial charge on any atom is -0.453 e. The molecule has 2 aliphatic rings. The topological polar surface area (TPSA) is 35.0 Å². The van der Waals surface area contributed by atoms with Crippen LogP contribution >= 0.6 is 0 Å². The van der Waals surface area contributed by atoms with Crippen LogP contribution in [0.3, 0.4) is 0 Å². The minimum absolute atomic E-state index is 0.0122. The summed E-state index contributed by atoms with van der Waals surface area (Å²) in [5, 5.41) is 0. The number of fused-ring (bicyclic) bond motifs is 2. The molecule has 0 heterocycles. The van der Waals surface area contributed by atoms with E-state index < -0.39 is 11.6 Å². The van der Waals surface area contributed by atoms with Crippen molar-refractivity contribution < 1.29 is 9.53 Å². The highest BCUT2D eigenvalue weighted by atomic mass is 16.5. The van der Waals surface area contributed by atoms with E-state index in [0.717, 1.165) is 24.8 Å². The van der Waals surface area contributed by atoms with Crippen LogP contribution in [-0.4, -0.2) is 18.2 Å². The lowest BCUT2D eigenvalue weighted by Gasteiger charge is -2.27. The van der Waals surface area contributed by atoms with Crippen molar-refractivity contribution in [2.45, 2.75) is 38.3 Å². The first-order valence-corrected chi connectivity index (χ1v) is 8.00. The van der Waals surface area contributed by atoms with Gasteiger partial charge in [-0.25, -0.2) is 22.8 Å². The second-order valence-corrected chi connectivity index (χ2v) is 6.20. The molecule has 3 atom stereocenters. The summed E-state index contributed by atoms with van der Waals surface area (Å²) in [4.78, 5) is 18.1. The van der Waals surface area contributed by atoms with E-state index in [1.54, 1.807) is 0 Å². The van der Waals surface area contributed by atoms with E-state index in [1.165, 1.54) is 6.92 Å². The van der Waals surface area contributed by atoms with Crippen molar-refractivity contribution in [3.8, 4) is 11.8 Å². The van der Waals surface area contributed by atoms with Crippen LogP contribution in [0.1, 0.15) is 32.6 Å². The number of nitrogens with zero attached hydrogens (tertiary/aromatic N) is 2. The molecular formula is C20H20N2O2. The normalized spacial score (nSPS) is 24.3. The summed E-state index contributed by atoms with van der Waals surface area (Å²) in [5.74, 6) is 6.13. The van der Waals surface area contributed by atoms with Crippen LogP contribution in [-0.2, 0) is 9.53 Å². The molecule has 1 saturated carbocycles. The Kier molecular flexibility index (Phi) is 5.65. The van der Waals surface area contributed by atoms with Crippen molar-refractivity contribution >= 4 is 5.97 Å². The average molecular weight is 320 g/mol. The van der Waals surface area contributed by atoms with Crippen LogP contribution in [0.15, 0.2) is 30.0 Å². The molecule has 122 valence electrons. The molecule has 2 aliphatic carbocycles. The van der Waals surface area contributed by atoms with Crippen molar-refractivity contribution in [2.75, 3.05) is 6.61 Å². The standard InChI is InChI=1S/C20H20N2O2/c1-5-8-18-17-10-9-16(13-17)14-19(18)20(21-3,22-4)11-6-7-12-24-15(2)23/h8,14,16-18H,1,9-13H2,2H3/t16-,17?,18-/m0/s1. The maximum Gasteiger partial charge on any atom is 0.517 e. The number of esters is 1. The molecule has 2 rings (SSSR count). The third-order valence-electron chi connectivity index (χ3n) is 4.73. The van der Waals surface area contributed by atoms with Crippen LogP contribution < -0.4 is 0 Å². The summed E-state index contributed by atoms with van der Waals surface area (Å²) in [6.07, 6.45) is 7.46. The van der Waals surface area contributed by atoms with Gasteiger partial charge in [0.05, 0.1) is 0 Å². The molecule has 0 amide bonds. The van der Waals surface area contributed by atoms with E-state index in [-0.39, 0.29) is 18.9 Å². The van der Waals surface area contributed by atoms with E-state index in [4.69, 9.17) is 17.9 Å². The number of allylic oxidation sites excluding steroid dienone is 2. The fraction of sp³-hybridized carbons (Fsp3) is 0.500. The number of carbonyl (C=O) groups is 1. The third-order valence-corrected chi connectivity index (χ3v) is 4.73. The van der Waals surface area contributed by atoms with E-state index in [9.17, 15) is 4.79 Å². The number of hydrogen-bond acceptors (Lipinski definition) is 2. The molecule has 1 fully saturated rings. The molecular weight excluding hydrogens is 300 g/mol. The maximum atomic E-state index is 10.7. The van der Waals surface area contributed by atoms with Crippen LogP contribution in [0.2, 0.25) is 0 Å². The van der Waals surface area contributed by atoms with Gasteiger partial charge in [-0.3, -0.25) is 4.79 Å². The molecule has 0 aromatic rings. The number of carbonyl (C=O) groups excluding carboxylic acids is 1. The first-order chi connectivity index (χ1) is 11.6. The second kappa shape index (κ2) is 7.70. The highest BCUT2D eigenvalue weighted by molar-refractivity contribution is 5.66. The third kappa shape index (κ3) is 3.60. The van der Waals surface area contributed by atoms with E-state index in [2.05, 4.69) is 39.9 Å². The maximum absolute atomic E-state index is 10.7. The quantitative estimate of drug-likeness (QED) is 0.260. The molecule has 4 heteroatoms. The summed E-state index contributed by atoms with van der Waals surface area (Å²) >= 11 is 0. The van der Waals surface area contributed by atoms with Gasteiger partial charge in [-0.2, -0.15) is 0 Å². The molecule has 0 aromatic heterocycles. The first-order valence-electron chi connectivity index (χ1n) is 8.00. The summed E-state index contributed by atoms with van der Waals surface area (Å²) in [5.41, 5.74) is 2.39. The van der Waals surface area contributed by atoms with E-state index in [0.29, 0.717) is 11.8 Å². The van der Waals surface area contributed by atoms with Crippen LogP contribution in [0.25, 0.3) is 9.69 Å². The highest BCUT2D eigenvalue weighted by Gasteiger charge is 2.54. The summed E-state index contributed by atoms with van der Waals surface area (Å²) < 4.78 is 4.77. The van der Waals surface area contributed by atoms with E-state index >= 15 is 0 Å². The van der Waals surface area contributed by atoms with Crippen LogP contribution in [0, 0.1) is 42.7 Å². The molecule has 24 heavy (non-hydrogen) atoms. The molecule has 4 nitrogen and oxygen atoms in total. The lowest BCUT2D eigenvalue weighted by Crippen LogP contribution is -2.32. The van der Waals surface area contributed by atoms with Crippen LogP contribution in [0.5, 0.6) is 0 Å². The summed E-state index contributed by atoms with van der Waals surface area (Å²) in [6, 6.07) is 0. The fourth-order valence-corrected chi connectivity index (χ4v) is 3.61. The molecule has 2 bridgehead atoms. The van der Waals surface area contributed by atoms with Gasteiger partial charge in [0.25, 0.3) is 0 Å². The number of hydrogen-bond donors (Lipinski definition) is 0. The van der Waals surface area contributed by atoms with Gasteiger partial charge in [-0.05, 0) is 37.2 Å². The first kappa shape index (κ1) is 17.6. The van der Waals surface area contributed by atoms with Gasteiger partial charge in [-0.15, -0.1) is 5.73 Å². The predicted octanol–water partition coefficient (Wildman–Crippen LogP) is 3.79. The Morgan fingerprint density at radius 2 is 2.21 bits per heavy atom. The van der Waals surface area contributed by atoms with Crippen molar-refractivity contribution in [1.82, 2.24) is 0 Å². The van der Waals surface area contributed by atoms with Crippen molar-refractivity contribution in [3.05, 3.63) is 52.9 Å². The molecule has 0 aliphatic heterocycles. The fourth-order valence-electron chi connectivity index (χ4n) is 3.61. The SMILES string of the molecule is [C-]#[N+]C(CC#CCOC(C)=O)([N+]#[C-])C1=C[C@H]2CCC(C2)[C@@H]1C=C=C. The molecule has 1 unspecified atom stereocenters. The molecule has 0 saturated heterocycles. The zero-order valence-electron chi connectivity index (χ0n) is 13.8. The van der Waals surface area contributed by atoms with Gasteiger partial charge in [-0.1, -0.05) is 24.5 Å². The lowest BCUT2D eigenvalue weighted by molar-refractivity contribution is -0.139. The Labute approximate surface area is 143 Å². The highest BCUT2D eigenvalue weighted by Crippen LogP contribution is 2.50. The van der Waals surface area contributed by atoms with Gasteiger partial charge < -0.3 is 4.74 Å². The molecule has 0 N–H and O–H groups in total. The Bertz CT molecular complexity index is 718. The van der Waals surface area contributed by atoms with Crippen LogP contribution in [0.4, 0.5) is 0 Å². The van der Waals surface area contributed by atoms with Gasteiger partial charge in [0.15, 0.2) is 13.0 Å². The predicted molar refractivity (Wildman–Crippen MR) is 91.1 cm³/mol. The van der Waals surface area contributed by atoms with Crippen molar-refractivity contribution in [1.29, 1.82) is 0 Å². The number of rotatable bonds is 4. The van der Waals surface area contributed by atoms with E-state index in [1.807, 2.05) is 6.08 Å². The van der Waals surface area contributed by atoms with Crippen molar-refractivity contribution in [2.24, 2.45) is 17.8 Å². The smallest absolute Gasteiger partial charge is 0.453 e. The Morgan fingerprint density at radius 3 is 2.83 bits per heavy atom. The van der Waals surface area contributed by atoms with Gasteiger partial charge in [0.1, 0.15) is 5.57 Å². The largest absolute Gasteiger partial charge is 0.517 e. The minimum atomic E-state index is -1.30. The van der Waals surface area contributed by atoms with Gasteiger partial charge >= 0.3 is 11.6 Å². The summed E-state index contributed by atoms with van der Waals surface area (Å²) in [7, 11) is 0. The number of ether oxygens (including phenoxy) is 1. The Hall–Kier alpha value is -2.73. The van der Waals surface area contributed by atoms with Crippen molar-refractivity contribution in [3.63, 3.8) is 0 Å². The molecule has 0 radical (unpaired) electrons. The molecule has 0 aromatic carbocycles. The summed E-state index contributed by atoms with van der Waals surface area (Å²) in [6.45, 7) is 20.2. The Morgan fingerprint density at radius 1 is 1.46 bits per heavy atom. The average Bonchev–Trinajstić information content (AvgIpc) is 2.96. The van der Waals surface area contributed by atoms with Gasteiger partial charge in [0.2, 0.25) is 0 Å². The molecule has 0 spiro atoms. The lowest BCUT2D eigenvalue weighted by atomic mass is 9.73. The second-order valence-electron chi connectivity index (χ2n) is 6.20.